The van der Waals surface area contributed by atoms with E-state index in [9.17, 15) is 10.1 Å². The third-order valence-electron chi connectivity index (χ3n) is 8.09. The van der Waals surface area contributed by atoms with Crippen molar-refractivity contribution in [2.75, 3.05) is 20.2 Å². The number of carbonyl (C=O) groups excluding carboxylic acids is 1. The van der Waals surface area contributed by atoms with Gasteiger partial charge in [-0.1, -0.05) is 0 Å². The molecule has 3 aliphatic rings. The Morgan fingerprint density at radius 3 is 2.62 bits per heavy atom. The van der Waals surface area contributed by atoms with E-state index in [-0.39, 0.29) is 18.2 Å². The zero-order valence-corrected chi connectivity index (χ0v) is 22.0. The fourth-order valence-corrected chi connectivity index (χ4v) is 6.41. The van der Waals surface area contributed by atoms with Gasteiger partial charge in [-0.3, -0.25) is 9.58 Å². The molecule has 10 nitrogen and oxygen atoms in total. The molecule has 2 bridgehead atoms. The number of carbonyl (C=O) groups is 1. The first kappa shape index (κ1) is 23.8. The number of ether oxygens (including phenoxy) is 2. The van der Waals surface area contributed by atoms with Crippen molar-refractivity contribution in [3.8, 4) is 22.9 Å². The number of hydrogen-bond acceptors (Lipinski definition) is 7. The SMILES string of the molecule is COc1cc(-c2cnn(C3CN(C4CC5CCC4N5C(=O)OC(C)(C)C)C3)c2C)cn2ncc(C#N)c12. The lowest BCUT2D eigenvalue weighted by Gasteiger charge is -2.45. The zero-order valence-electron chi connectivity index (χ0n) is 22.0. The molecule has 3 unspecified atom stereocenters. The van der Waals surface area contributed by atoms with E-state index in [1.165, 1.54) is 0 Å². The summed E-state index contributed by atoms with van der Waals surface area (Å²) in [6.45, 7) is 9.71. The Morgan fingerprint density at radius 2 is 1.92 bits per heavy atom. The third-order valence-corrected chi connectivity index (χ3v) is 8.09. The van der Waals surface area contributed by atoms with E-state index in [1.54, 1.807) is 17.8 Å². The van der Waals surface area contributed by atoms with Gasteiger partial charge >= 0.3 is 6.09 Å². The molecule has 6 rings (SSSR count). The zero-order chi connectivity index (χ0) is 26.1. The first-order valence-electron chi connectivity index (χ1n) is 12.9. The van der Waals surface area contributed by atoms with Gasteiger partial charge in [-0.15, -0.1) is 0 Å². The standard InChI is InChI=1S/C27H33N7O3/c1-16-21(17-8-24(36-5)25-18(10-28)11-29-32(25)13-17)12-30-34(16)20-14-31(15-20)23-9-19-6-7-22(23)33(19)26(35)37-27(2,3)4/h8,11-13,19-20,22-23H,6-7,9,14-15H2,1-5H3. The molecular weight excluding hydrogens is 470 g/mol. The van der Waals surface area contributed by atoms with Crippen LogP contribution in [0.25, 0.3) is 16.6 Å². The quantitative estimate of drug-likeness (QED) is 0.534. The molecule has 0 N–H and O–H groups in total. The van der Waals surface area contributed by atoms with Gasteiger partial charge in [-0.05, 0) is 53.0 Å². The predicted molar refractivity (Wildman–Crippen MR) is 136 cm³/mol. The van der Waals surface area contributed by atoms with Crippen LogP contribution in [-0.2, 0) is 4.74 Å². The van der Waals surface area contributed by atoms with Gasteiger partial charge < -0.3 is 14.4 Å². The van der Waals surface area contributed by atoms with E-state index < -0.39 is 5.60 Å². The fourth-order valence-electron chi connectivity index (χ4n) is 6.41. The smallest absolute Gasteiger partial charge is 0.410 e. The molecule has 0 aliphatic carbocycles. The van der Waals surface area contributed by atoms with E-state index in [0.717, 1.165) is 49.2 Å². The van der Waals surface area contributed by atoms with Gasteiger partial charge in [0.2, 0.25) is 0 Å². The number of likely N-dealkylation sites (tertiary alicyclic amines) is 1. The highest BCUT2D eigenvalue weighted by atomic mass is 16.6. The van der Waals surface area contributed by atoms with E-state index in [4.69, 9.17) is 14.6 Å². The van der Waals surface area contributed by atoms with Crippen LogP contribution in [0.3, 0.4) is 0 Å². The largest absolute Gasteiger partial charge is 0.494 e. The Kier molecular flexibility index (Phi) is 5.46. The van der Waals surface area contributed by atoms with Crippen LogP contribution >= 0.6 is 0 Å². The Labute approximate surface area is 216 Å². The Balaban J connectivity index is 1.17. The molecule has 3 aliphatic heterocycles. The van der Waals surface area contributed by atoms with Crippen LogP contribution in [0, 0.1) is 18.3 Å². The monoisotopic (exact) mass is 503 g/mol. The summed E-state index contributed by atoms with van der Waals surface area (Å²) in [6.07, 6.45) is 8.34. The van der Waals surface area contributed by atoms with Crippen LogP contribution < -0.4 is 4.74 Å². The van der Waals surface area contributed by atoms with Crippen molar-refractivity contribution in [3.05, 3.63) is 35.9 Å². The number of nitriles is 1. The summed E-state index contributed by atoms with van der Waals surface area (Å²) in [5, 5.41) is 18.5. The molecule has 3 saturated heterocycles. The van der Waals surface area contributed by atoms with E-state index in [0.29, 0.717) is 28.9 Å². The lowest BCUT2D eigenvalue weighted by atomic mass is 9.91. The Bertz CT molecular complexity index is 1410. The molecule has 3 aromatic heterocycles. The maximum Gasteiger partial charge on any atom is 0.410 e. The first-order valence-corrected chi connectivity index (χ1v) is 12.9. The third kappa shape index (κ3) is 3.84. The molecule has 3 fully saturated rings. The summed E-state index contributed by atoms with van der Waals surface area (Å²) in [5.74, 6) is 0.611. The molecule has 194 valence electrons. The summed E-state index contributed by atoms with van der Waals surface area (Å²) in [5.41, 5.74) is 3.72. The lowest BCUT2D eigenvalue weighted by Crippen LogP contribution is -2.57. The van der Waals surface area contributed by atoms with Crippen LogP contribution in [0.1, 0.15) is 57.3 Å². The summed E-state index contributed by atoms with van der Waals surface area (Å²) < 4.78 is 15.1. The molecular formula is C27H33N7O3. The maximum atomic E-state index is 12.9. The van der Waals surface area contributed by atoms with Gasteiger partial charge in [0.05, 0.1) is 31.6 Å². The second-order valence-corrected chi connectivity index (χ2v) is 11.4. The topological polar surface area (TPSA) is 101 Å². The highest BCUT2D eigenvalue weighted by molar-refractivity contribution is 5.76. The number of fused-ring (bicyclic) bond motifs is 3. The van der Waals surface area contributed by atoms with Crippen molar-refractivity contribution in [1.82, 2.24) is 29.2 Å². The highest BCUT2D eigenvalue weighted by Gasteiger charge is 2.53. The number of hydrogen-bond donors (Lipinski definition) is 0. The minimum absolute atomic E-state index is 0.168. The van der Waals surface area contributed by atoms with Crippen LogP contribution in [0.15, 0.2) is 24.7 Å². The van der Waals surface area contributed by atoms with Gasteiger partial charge in [-0.2, -0.15) is 15.5 Å². The molecule has 6 heterocycles. The molecule has 0 spiro atoms. The molecule has 0 aromatic carbocycles. The summed E-state index contributed by atoms with van der Waals surface area (Å²) in [7, 11) is 1.60. The molecule has 10 heteroatoms. The van der Waals surface area contributed by atoms with E-state index in [1.807, 2.05) is 44.1 Å². The van der Waals surface area contributed by atoms with Crippen LogP contribution in [0.5, 0.6) is 5.75 Å². The van der Waals surface area contributed by atoms with Crippen LogP contribution in [0.4, 0.5) is 4.79 Å². The second kappa shape index (κ2) is 8.48. The normalized spacial score (nSPS) is 23.9. The van der Waals surface area contributed by atoms with Crippen LogP contribution in [0.2, 0.25) is 0 Å². The molecule has 3 atom stereocenters. The van der Waals surface area contributed by atoms with Crippen LogP contribution in [-0.4, -0.2) is 79.2 Å². The number of rotatable bonds is 4. The van der Waals surface area contributed by atoms with Gasteiger partial charge in [0.15, 0.2) is 0 Å². The number of nitrogens with zero attached hydrogens (tertiary/aromatic N) is 7. The maximum absolute atomic E-state index is 12.9. The minimum Gasteiger partial charge on any atom is -0.494 e. The average molecular weight is 504 g/mol. The van der Waals surface area contributed by atoms with Gasteiger partial charge in [0.25, 0.3) is 0 Å². The molecule has 3 aromatic rings. The Morgan fingerprint density at radius 1 is 1.14 bits per heavy atom. The minimum atomic E-state index is -0.476. The van der Waals surface area contributed by atoms with Crippen molar-refractivity contribution >= 4 is 11.6 Å². The van der Waals surface area contributed by atoms with Crippen molar-refractivity contribution < 1.29 is 14.3 Å². The van der Waals surface area contributed by atoms with Gasteiger partial charge in [-0.25, -0.2) is 9.31 Å². The van der Waals surface area contributed by atoms with Crippen molar-refractivity contribution in [2.45, 2.75) is 76.7 Å². The molecule has 0 radical (unpaired) electrons. The second-order valence-electron chi connectivity index (χ2n) is 11.4. The Hall–Kier alpha value is -3.58. The summed E-state index contributed by atoms with van der Waals surface area (Å²) in [4.78, 5) is 17.4. The van der Waals surface area contributed by atoms with Crippen molar-refractivity contribution in [3.63, 3.8) is 0 Å². The van der Waals surface area contributed by atoms with E-state index in [2.05, 4.69) is 27.7 Å². The fraction of sp³-hybridized carbons (Fsp3) is 0.556. The van der Waals surface area contributed by atoms with Crippen molar-refractivity contribution in [1.29, 1.82) is 5.26 Å². The average Bonchev–Trinajstić information content (AvgIpc) is 3.59. The number of aromatic nitrogens is 4. The lowest BCUT2D eigenvalue weighted by molar-refractivity contribution is 0.00998. The molecule has 37 heavy (non-hydrogen) atoms. The number of pyridine rings is 1. The summed E-state index contributed by atoms with van der Waals surface area (Å²) >= 11 is 0. The number of amides is 1. The van der Waals surface area contributed by atoms with Gasteiger partial charge in [0.1, 0.15) is 28.5 Å². The number of methoxy groups -OCH3 is 1. The highest BCUT2D eigenvalue weighted by Crippen LogP contribution is 2.43. The first-order chi connectivity index (χ1) is 17.7. The van der Waals surface area contributed by atoms with Crippen molar-refractivity contribution in [2.24, 2.45) is 0 Å². The molecule has 1 amide bonds. The summed E-state index contributed by atoms with van der Waals surface area (Å²) in [6, 6.07) is 5.32. The molecule has 0 saturated carbocycles. The van der Waals surface area contributed by atoms with E-state index >= 15 is 0 Å². The van der Waals surface area contributed by atoms with Gasteiger partial charge in [0, 0.05) is 48.2 Å². The predicted octanol–water partition coefficient (Wildman–Crippen LogP) is 3.78.